The molecule has 2 aromatic rings. The summed E-state index contributed by atoms with van der Waals surface area (Å²) in [5, 5.41) is 28.6. The van der Waals surface area contributed by atoms with E-state index in [-0.39, 0.29) is 5.69 Å². The molecule has 0 bridgehead atoms. The van der Waals surface area contributed by atoms with Crippen LogP contribution in [0.3, 0.4) is 0 Å². The molecule has 0 saturated heterocycles. The van der Waals surface area contributed by atoms with Crippen molar-refractivity contribution >= 4 is 34.4 Å². The van der Waals surface area contributed by atoms with Gasteiger partial charge in [-0.25, -0.2) is 9.59 Å². The highest BCUT2D eigenvalue weighted by Gasteiger charge is 2.45. The van der Waals surface area contributed by atoms with Gasteiger partial charge in [-0.1, -0.05) is 23.7 Å². The third-order valence-electron chi connectivity index (χ3n) is 2.86. The third-order valence-corrected chi connectivity index (χ3v) is 3.09. The molecule has 0 radical (unpaired) electrons. The lowest BCUT2D eigenvalue weighted by Crippen LogP contribution is -2.48. The van der Waals surface area contributed by atoms with E-state index in [0.717, 1.165) is 5.39 Å². The highest BCUT2D eigenvalue weighted by atomic mass is 35.5. The maximum atomic E-state index is 10.9. The van der Waals surface area contributed by atoms with Gasteiger partial charge in [-0.05, 0) is 18.2 Å². The van der Waals surface area contributed by atoms with Crippen molar-refractivity contribution in [2.75, 3.05) is 0 Å². The van der Waals surface area contributed by atoms with E-state index in [4.69, 9.17) is 21.8 Å². The van der Waals surface area contributed by atoms with Crippen molar-refractivity contribution in [1.29, 1.82) is 0 Å². The van der Waals surface area contributed by atoms with E-state index < -0.39 is 24.0 Å². The molecule has 0 fully saturated rings. The number of aromatic nitrogens is 1. The molecule has 1 aromatic heterocycles. The van der Waals surface area contributed by atoms with Gasteiger partial charge in [0.2, 0.25) is 0 Å². The van der Waals surface area contributed by atoms with E-state index >= 15 is 0 Å². The number of carbonyl (C=O) groups is 2. The van der Waals surface area contributed by atoms with Gasteiger partial charge in [0.1, 0.15) is 0 Å². The number of halogens is 1. The Labute approximate surface area is 118 Å². The van der Waals surface area contributed by atoms with Crippen molar-refractivity contribution in [2.24, 2.45) is 0 Å². The minimum Gasteiger partial charge on any atom is -0.479 e. The lowest BCUT2D eigenvalue weighted by Gasteiger charge is -2.17. The Balaban J connectivity index is 2.43. The molecule has 0 saturated carbocycles. The van der Waals surface area contributed by atoms with Crippen LogP contribution in [0.4, 0.5) is 0 Å². The molecule has 104 valence electrons. The number of fused-ring (bicyclic) bond motifs is 1. The van der Waals surface area contributed by atoms with Crippen molar-refractivity contribution in [3.8, 4) is 0 Å². The molecule has 0 unspecified atom stereocenters. The first-order chi connectivity index (χ1) is 9.33. The van der Waals surface area contributed by atoms with Crippen LogP contribution in [-0.4, -0.2) is 37.8 Å². The fraction of sp³-hybridized carbons (Fsp3) is 0.154. The number of benzene rings is 1. The second kappa shape index (κ2) is 5.07. The molecule has 0 aliphatic carbocycles. The van der Waals surface area contributed by atoms with E-state index in [1.807, 2.05) is 0 Å². The number of carboxylic acid groups (broad SMARTS) is 2. The zero-order chi connectivity index (χ0) is 14.9. The lowest BCUT2D eigenvalue weighted by molar-refractivity contribution is -0.175. The van der Waals surface area contributed by atoms with Gasteiger partial charge >= 0.3 is 11.9 Å². The Hall–Kier alpha value is -2.18. The van der Waals surface area contributed by atoms with Gasteiger partial charge in [0, 0.05) is 22.5 Å². The fourth-order valence-electron chi connectivity index (χ4n) is 1.74. The number of hydrogen-bond acceptors (Lipinski definition) is 4. The molecule has 2 rings (SSSR count). The monoisotopic (exact) mass is 295 g/mol. The summed E-state index contributed by atoms with van der Waals surface area (Å²) in [6.45, 7) is 0. The van der Waals surface area contributed by atoms with E-state index in [1.54, 1.807) is 24.3 Å². The fourth-order valence-corrected chi connectivity index (χ4v) is 1.90. The minimum absolute atomic E-state index is 0.145. The van der Waals surface area contributed by atoms with Crippen molar-refractivity contribution in [3.05, 3.63) is 41.0 Å². The standard InChI is InChI=1S/C13H10ClNO5/c14-8-3-1-7-2-4-9(15-10(7)5-8)6-13(20,11(16)17)12(18)19/h1-5,20H,6H2,(H,16,17)(H,18,19). The van der Waals surface area contributed by atoms with Crippen LogP contribution >= 0.6 is 11.6 Å². The maximum Gasteiger partial charge on any atom is 0.348 e. The van der Waals surface area contributed by atoms with Gasteiger partial charge in [-0.15, -0.1) is 0 Å². The van der Waals surface area contributed by atoms with Crippen LogP contribution in [0.2, 0.25) is 5.02 Å². The molecular formula is C13H10ClNO5. The summed E-state index contributed by atoms with van der Waals surface area (Å²) in [4.78, 5) is 25.9. The average Bonchev–Trinajstić information content (AvgIpc) is 2.37. The van der Waals surface area contributed by atoms with E-state index in [1.165, 1.54) is 6.07 Å². The highest BCUT2D eigenvalue weighted by molar-refractivity contribution is 6.31. The molecule has 1 aromatic carbocycles. The topological polar surface area (TPSA) is 108 Å². The minimum atomic E-state index is -2.90. The summed E-state index contributed by atoms with van der Waals surface area (Å²) in [5.41, 5.74) is -2.26. The predicted molar refractivity (Wildman–Crippen MR) is 70.7 cm³/mol. The zero-order valence-electron chi connectivity index (χ0n) is 10.1. The highest BCUT2D eigenvalue weighted by Crippen LogP contribution is 2.20. The maximum absolute atomic E-state index is 10.9. The molecule has 6 nitrogen and oxygen atoms in total. The van der Waals surface area contributed by atoms with E-state index in [9.17, 15) is 14.7 Å². The lowest BCUT2D eigenvalue weighted by atomic mass is 9.97. The van der Waals surface area contributed by atoms with Gasteiger partial charge < -0.3 is 15.3 Å². The van der Waals surface area contributed by atoms with Crippen molar-refractivity contribution in [3.63, 3.8) is 0 Å². The van der Waals surface area contributed by atoms with Crippen LogP contribution in [-0.2, 0) is 16.0 Å². The van der Waals surface area contributed by atoms with Gasteiger partial charge in [0.25, 0.3) is 5.60 Å². The molecule has 0 aliphatic rings. The summed E-state index contributed by atoms with van der Waals surface area (Å²) in [7, 11) is 0. The first-order valence-electron chi connectivity index (χ1n) is 5.57. The average molecular weight is 296 g/mol. The Morgan fingerprint density at radius 1 is 1.15 bits per heavy atom. The van der Waals surface area contributed by atoms with Crippen LogP contribution in [0.5, 0.6) is 0 Å². The van der Waals surface area contributed by atoms with Crippen molar-refractivity contribution in [2.45, 2.75) is 12.0 Å². The first-order valence-corrected chi connectivity index (χ1v) is 5.95. The van der Waals surface area contributed by atoms with Gasteiger partial charge in [0.15, 0.2) is 0 Å². The van der Waals surface area contributed by atoms with Crippen LogP contribution in [0, 0.1) is 0 Å². The molecule has 0 aliphatic heterocycles. The van der Waals surface area contributed by atoms with Gasteiger partial charge in [0.05, 0.1) is 5.52 Å². The third kappa shape index (κ3) is 2.56. The summed E-state index contributed by atoms with van der Waals surface area (Å²) in [6.07, 6.45) is -0.639. The summed E-state index contributed by atoms with van der Waals surface area (Å²) >= 11 is 5.83. The normalized spacial score (nSPS) is 11.5. The number of carboxylic acids is 2. The summed E-state index contributed by atoms with van der Waals surface area (Å²) < 4.78 is 0. The van der Waals surface area contributed by atoms with Crippen LogP contribution < -0.4 is 0 Å². The molecule has 20 heavy (non-hydrogen) atoms. The number of aliphatic hydroxyl groups is 1. The summed E-state index contributed by atoms with van der Waals surface area (Å²) in [5.74, 6) is -3.67. The Morgan fingerprint density at radius 3 is 2.35 bits per heavy atom. The Morgan fingerprint density at radius 2 is 1.75 bits per heavy atom. The molecule has 1 heterocycles. The quantitative estimate of drug-likeness (QED) is 0.734. The number of pyridine rings is 1. The van der Waals surface area contributed by atoms with Gasteiger partial charge in [-0.3, -0.25) is 4.98 Å². The second-order valence-electron chi connectivity index (χ2n) is 4.29. The first kappa shape index (κ1) is 14.2. The van der Waals surface area contributed by atoms with E-state index in [0.29, 0.717) is 10.5 Å². The van der Waals surface area contributed by atoms with E-state index in [2.05, 4.69) is 4.98 Å². The molecule has 7 heteroatoms. The number of rotatable bonds is 4. The molecular weight excluding hydrogens is 286 g/mol. The Bertz CT molecular complexity index is 686. The second-order valence-corrected chi connectivity index (χ2v) is 4.72. The number of aliphatic carboxylic acids is 2. The molecule has 0 amide bonds. The molecule has 3 N–H and O–H groups in total. The van der Waals surface area contributed by atoms with Crippen LogP contribution in [0.1, 0.15) is 5.69 Å². The predicted octanol–water partition coefficient (Wildman–Crippen LogP) is 1.33. The molecule has 0 atom stereocenters. The molecule has 0 spiro atoms. The SMILES string of the molecule is O=C(O)C(O)(Cc1ccc2ccc(Cl)cc2n1)C(=O)O. The van der Waals surface area contributed by atoms with Crippen molar-refractivity contribution in [1.82, 2.24) is 4.98 Å². The summed E-state index contributed by atoms with van der Waals surface area (Å²) in [6, 6.07) is 8.09. The van der Waals surface area contributed by atoms with Crippen molar-refractivity contribution < 1.29 is 24.9 Å². The van der Waals surface area contributed by atoms with Crippen LogP contribution in [0.25, 0.3) is 10.9 Å². The largest absolute Gasteiger partial charge is 0.479 e. The zero-order valence-corrected chi connectivity index (χ0v) is 10.8. The smallest absolute Gasteiger partial charge is 0.348 e. The van der Waals surface area contributed by atoms with Gasteiger partial charge in [-0.2, -0.15) is 0 Å². The number of nitrogens with zero attached hydrogens (tertiary/aromatic N) is 1. The Kier molecular flexibility index (Phi) is 3.61. The van der Waals surface area contributed by atoms with Crippen LogP contribution in [0.15, 0.2) is 30.3 Å². The number of hydrogen-bond donors (Lipinski definition) is 3.